The molecule has 0 radical (unpaired) electrons. The summed E-state index contributed by atoms with van der Waals surface area (Å²) in [5.74, 6) is -2.26. The zero-order valence-electron chi connectivity index (χ0n) is 12.4. The van der Waals surface area contributed by atoms with Gasteiger partial charge in [-0.1, -0.05) is 12.1 Å². The van der Waals surface area contributed by atoms with E-state index in [9.17, 15) is 27.6 Å². The summed E-state index contributed by atoms with van der Waals surface area (Å²) >= 11 is 0. The number of benzene rings is 1. The summed E-state index contributed by atoms with van der Waals surface area (Å²) in [6.45, 7) is -0.613. The Morgan fingerprint density at radius 2 is 1.80 bits per heavy atom. The van der Waals surface area contributed by atoms with Gasteiger partial charge in [-0.3, -0.25) is 9.59 Å². The first kappa shape index (κ1) is 18.0. The molecule has 1 amide bonds. The van der Waals surface area contributed by atoms with Crippen molar-refractivity contribution in [3.63, 3.8) is 0 Å². The number of aromatic nitrogens is 1. The van der Waals surface area contributed by atoms with Crippen LogP contribution in [0.5, 0.6) is 5.75 Å². The van der Waals surface area contributed by atoms with Crippen LogP contribution < -0.4 is 16.0 Å². The minimum Gasteiger partial charge on any atom is -0.482 e. The van der Waals surface area contributed by atoms with Crippen molar-refractivity contribution in [2.75, 3.05) is 6.61 Å². The topological polar surface area (TPSA) is 122 Å². The predicted molar refractivity (Wildman–Crippen MR) is 79.1 cm³/mol. The van der Waals surface area contributed by atoms with Crippen molar-refractivity contribution in [1.29, 1.82) is 0 Å². The molecule has 0 unspecified atom stereocenters. The van der Waals surface area contributed by atoms with Gasteiger partial charge in [0.1, 0.15) is 17.0 Å². The maximum Gasteiger partial charge on any atom is 0.431 e. The molecular weight excluding hydrogens is 345 g/mol. The molecule has 2 aromatic rings. The van der Waals surface area contributed by atoms with Gasteiger partial charge in [0.15, 0.2) is 6.61 Å². The van der Waals surface area contributed by atoms with Crippen LogP contribution >= 0.6 is 0 Å². The number of nitrogens with one attached hydrogen (secondary N) is 1. The first-order chi connectivity index (χ1) is 11.6. The quantitative estimate of drug-likeness (QED) is 0.751. The Hall–Kier alpha value is -3.30. The standard InChI is InChI=1S/C15H11F3N2O5/c16-15(17,18)12-9(5-10(13(19)23)14(24)20-12)7-1-3-8(4-2-7)25-6-11(21)22/h1-5H,6H2,(H2,19,23)(H,20,24)(H,21,22). The van der Waals surface area contributed by atoms with Gasteiger partial charge in [-0.15, -0.1) is 0 Å². The molecule has 0 spiro atoms. The molecule has 25 heavy (non-hydrogen) atoms. The van der Waals surface area contributed by atoms with Gasteiger partial charge in [0.25, 0.3) is 11.5 Å². The average Bonchev–Trinajstić information content (AvgIpc) is 2.52. The number of carbonyl (C=O) groups is 2. The van der Waals surface area contributed by atoms with Gasteiger partial charge in [-0.25, -0.2) is 4.79 Å². The van der Waals surface area contributed by atoms with Gasteiger partial charge >= 0.3 is 12.1 Å². The minimum absolute atomic E-state index is 0.0220. The minimum atomic E-state index is -4.87. The number of halogens is 3. The van der Waals surface area contributed by atoms with Crippen LogP contribution in [0.3, 0.4) is 0 Å². The van der Waals surface area contributed by atoms with Gasteiger partial charge in [-0.05, 0) is 23.8 Å². The van der Waals surface area contributed by atoms with E-state index < -0.39 is 47.0 Å². The monoisotopic (exact) mass is 356 g/mol. The Morgan fingerprint density at radius 3 is 2.28 bits per heavy atom. The largest absolute Gasteiger partial charge is 0.482 e. The van der Waals surface area contributed by atoms with Crippen LogP contribution in [0.4, 0.5) is 13.2 Å². The van der Waals surface area contributed by atoms with Crippen LogP contribution in [0.15, 0.2) is 35.1 Å². The molecule has 0 bridgehead atoms. The van der Waals surface area contributed by atoms with Gasteiger partial charge in [-0.2, -0.15) is 13.2 Å². The van der Waals surface area contributed by atoms with Crippen molar-refractivity contribution < 1.29 is 32.6 Å². The van der Waals surface area contributed by atoms with E-state index in [4.69, 9.17) is 15.6 Å². The molecule has 0 aliphatic rings. The molecule has 0 fully saturated rings. The normalized spacial score (nSPS) is 11.2. The second-order valence-corrected chi connectivity index (χ2v) is 4.87. The number of aromatic amines is 1. The lowest BCUT2D eigenvalue weighted by atomic mass is 10.0. The second kappa shape index (κ2) is 6.67. The van der Waals surface area contributed by atoms with Crippen molar-refractivity contribution in [2.24, 2.45) is 5.73 Å². The zero-order chi connectivity index (χ0) is 18.8. The number of hydrogen-bond donors (Lipinski definition) is 3. The smallest absolute Gasteiger partial charge is 0.431 e. The van der Waals surface area contributed by atoms with E-state index in [0.29, 0.717) is 0 Å². The zero-order valence-corrected chi connectivity index (χ0v) is 12.4. The number of amides is 1. The molecule has 2 rings (SSSR count). The number of alkyl halides is 3. The second-order valence-electron chi connectivity index (χ2n) is 4.87. The van der Waals surface area contributed by atoms with Gasteiger partial charge in [0.2, 0.25) is 0 Å². The maximum atomic E-state index is 13.2. The molecule has 1 aromatic carbocycles. The summed E-state index contributed by atoms with van der Waals surface area (Å²) in [7, 11) is 0. The lowest BCUT2D eigenvalue weighted by molar-refractivity contribution is -0.141. The number of pyridine rings is 1. The third-order valence-electron chi connectivity index (χ3n) is 3.12. The van der Waals surface area contributed by atoms with Crippen molar-refractivity contribution >= 4 is 11.9 Å². The number of aliphatic carboxylic acids is 1. The number of carboxylic acid groups (broad SMARTS) is 1. The van der Waals surface area contributed by atoms with Crippen LogP contribution in [-0.2, 0) is 11.0 Å². The highest BCUT2D eigenvalue weighted by atomic mass is 19.4. The van der Waals surface area contributed by atoms with Crippen molar-refractivity contribution in [2.45, 2.75) is 6.18 Å². The summed E-state index contributed by atoms with van der Waals surface area (Å²) in [6, 6.07) is 5.73. The van der Waals surface area contributed by atoms with Crippen molar-refractivity contribution in [1.82, 2.24) is 4.98 Å². The van der Waals surface area contributed by atoms with Crippen LogP contribution in [0.1, 0.15) is 16.1 Å². The first-order valence-corrected chi connectivity index (χ1v) is 6.69. The molecule has 132 valence electrons. The van der Waals surface area contributed by atoms with Crippen molar-refractivity contribution in [3.05, 3.63) is 51.9 Å². The molecule has 0 saturated carbocycles. The Kier molecular flexibility index (Phi) is 4.82. The lowest BCUT2D eigenvalue weighted by Crippen LogP contribution is -2.27. The molecule has 7 nitrogen and oxygen atoms in total. The maximum absolute atomic E-state index is 13.2. The highest BCUT2D eigenvalue weighted by Gasteiger charge is 2.36. The number of carboxylic acids is 1. The summed E-state index contributed by atoms with van der Waals surface area (Å²) in [5, 5.41) is 8.51. The molecule has 1 aromatic heterocycles. The number of hydrogen-bond acceptors (Lipinski definition) is 4. The highest BCUT2D eigenvalue weighted by Crippen LogP contribution is 2.35. The number of rotatable bonds is 5. The van der Waals surface area contributed by atoms with Gasteiger partial charge in [0.05, 0.1) is 0 Å². The lowest BCUT2D eigenvalue weighted by Gasteiger charge is -2.14. The Labute approximate surface area is 137 Å². The third kappa shape index (κ3) is 4.16. The van der Waals surface area contributed by atoms with Gasteiger partial charge in [0, 0.05) is 5.56 Å². The Morgan fingerprint density at radius 1 is 1.20 bits per heavy atom. The van der Waals surface area contributed by atoms with E-state index in [1.807, 2.05) is 0 Å². The van der Waals surface area contributed by atoms with Crippen LogP contribution in [0.2, 0.25) is 0 Å². The number of carbonyl (C=O) groups excluding carboxylic acids is 1. The predicted octanol–water partition coefficient (Wildman–Crippen LogP) is 1.62. The molecule has 0 atom stereocenters. The van der Waals surface area contributed by atoms with Crippen LogP contribution in [-0.4, -0.2) is 28.6 Å². The van der Waals surface area contributed by atoms with Crippen LogP contribution in [0.25, 0.3) is 11.1 Å². The Balaban J connectivity index is 2.53. The first-order valence-electron chi connectivity index (χ1n) is 6.69. The van der Waals surface area contributed by atoms with E-state index in [1.54, 1.807) is 4.98 Å². The number of primary amides is 1. The Bertz CT molecular complexity index is 872. The van der Waals surface area contributed by atoms with E-state index >= 15 is 0 Å². The number of nitrogens with two attached hydrogens (primary N) is 1. The van der Waals surface area contributed by atoms with E-state index in [-0.39, 0.29) is 11.3 Å². The summed E-state index contributed by atoms with van der Waals surface area (Å²) in [4.78, 5) is 34.8. The average molecular weight is 356 g/mol. The third-order valence-corrected chi connectivity index (χ3v) is 3.12. The summed E-state index contributed by atoms with van der Waals surface area (Å²) in [6.07, 6.45) is -4.87. The van der Waals surface area contributed by atoms with E-state index in [2.05, 4.69) is 0 Å². The molecule has 0 saturated heterocycles. The molecule has 0 aliphatic heterocycles. The molecule has 0 aliphatic carbocycles. The number of H-pyrrole nitrogens is 1. The highest BCUT2D eigenvalue weighted by molar-refractivity contribution is 5.94. The molecule has 4 N–H and O–H groups in total. The van der Waals surface area contributed by atoms with E-state index in [0.717, 1.165) is 6.07 Å². The fourth-order valence-corrected chi connectivity index (χ4v) is 2.04. The fourth-order valence-electron chi connectivity index (χ4n) is 2.04. The van der Waals surface area contributed by atoms with Gasteiger partial charge < -0.3 is 20.6 Å². The van der Waals surface area contributed by atoms with Crippen LogP contribution in [0, 0.1) is 0 Å². The molecule has 10 heteroatoms. The van der Waals surface area contributed by atoms with Crippen molar-refractivity contribution in [3.8, 4) is 16.9 Å². The molecular formula is C15H11F3N2O5. The fraction of sp³-hybridized carbons (Fsp3) is 0.133. The SMILES string of the molecule is NC(=O)c1cc(-c2ccc(OCC(=O)O)cc2)c(C(F)(F)F)[nH]c1=O. The summed E-state index contributed by atoms with van der Waals surface area (Å²) in [5.41, 5.74) is 1.37. The van der Waals surface area contributed by atoms with E-state index in [1.165, 1.54) is 24.3 Å². The summed E-state index contributed by atoms with van der Waals surface area (Å²) < 4.78 is 44.4. The number of ether oxygens (including phenoxy) is 1. The molecule has 1 heterocycles.